The third-order valence-corrected chi connectivity index (χ3v) is 6.41. The Labute approximate surface area is 192 Å². The highest BCUT2D eigenvalue weighted by atomic mass is 16.4. The van der Waals surface area contributed by atoms with Crippen molar-refractivity contribution in [1.82, 2.24) is 9.55 Å². The van der Waals surface area contributed by atoms with Gasteiger partial charge in [0.15, 0.2) is 28.6 Å². The van der Waals surface area contributed by atoms with Gasteiger partial charge in [-0.3, -0.25) is 9.59 Å². The van der Waals surface area contributed by atoms with Crippen molar-refractivity contribution < 1.29 is 18.4 Å². The normalized spacial score (nSPS) is 13.5. The maximum Gasteiger partial charge on any atom is 0.222 e. The van der Waals surface area contributed by atoms with E-state index in [0.717, 1.165) is 27.4 Å². The second kappa shape index (κ2) is 6.65. The summed E-state index contributed by atoms with van der Waals surface area (Å²) in [5.41, 5.74) is 3.67. The van der Waals surface area contributed by atoms with Gasteiger partial charge in [0.1, 0.15) is 5.58 Å². The summed E-state index contributed by atoms with van der Waals surface area (Å²) in [6, 6.07) is 22.9. The highest BCUT2D eigenvalue weighted by Gasteiger charge is 2.34. The number of allylic oxidation sites excluding steroid dienone is 1. The van der Waals surface area contributed by atoms with Crippen molar-refractivity contribution in [3.05, 3.63) is 95.4 Å². The molecule has 0 radical (unpaired) electrons. The van der Waals surface area contributed by atoms with Gasteiger partial charge >= 0.3 is 0 Å². The second-order valence-electron chi connectivity index (χ2n) is 8.44. The van der Waals surface area contributed by atoms with Gasteiger partial charge in [-0.05, 0) is 35.0 Å². The number of ketones is 2. The van der Waals surface area contributed by atoms with E-state index in [0.29, 0.717) is 28.1 Å². The summed E-state index contributed by atoms with van der Waals surface area (Å²) in [7, 11) is 1.87. The summed E-state index contributed by atoms with van der Waals surface area (Å²) in [6.07, 6.45) is 1.44. The molecular weight excluding hydrogens is 428 g/mol. The minimum atomic E-state index is -0.309. The molecule has 0 atom stereocenters. The zero-order chi connectivity index (χ0) is 23.0. The van der Waals surface area contributed by atoms with Crippen molar-refractivity contribution in [2.45, 2.75) is 0 Å². The number of carbonyl (C=O) groups excluding carboxylic acids is 2. The maximum atomic E-state index is 13.0. The number of oxazole rings is 1. The maximum absolute atomic E-state index is 13.0. The Balaban J connectivity index is 1.29. The lowest BCUT2D eigenvalue weighted by Gasteiger charge is -2.00. The molecule has 0 N–H and O–H groups in total. The van der Waals surface area contributed by atoms with Crippen LogP contribution in [0.1, 0.15) is 26.6 Å². The Morgan fingerprint density at radius 1 is 0.765 bits per heavy atom. The molecule has 1 aliphatic carbocycles. The van der Waals surface area contributed by atoms with Crippen molar-refractivity contribution in [3.8, 4) is 11.5 Å². The van der Waals surface area contributed by atoms with Crippen molar-refractivity contribution in [1.29, 1.82) is 0 Å². The molecule has 0 aliphatic heterocycles. The van der Waals surface area contributed by atoms with Crippen LogP contribution in [-0.2, 0) is 7.05 Å². The molecule has 6 nitrogen and oxygen atoms in total. The van der Waals surface area contributed by atoms with E-state index < -0.39 is 0 Å². The van der Waals surface area contributed by atoms with Crippen LogP contribution in [0.15, 0.2) is 87.2 Å². The third kappa shape index (κ3) is 2.59. The van der Waals surface area contributed by atoms with Crippen molar-refractivity contribution in [2.75, 3.05) is 0 Å². The number of benzene rings is 3. The minimum absolute atomic E-state index is 0.0642. The molecule has 6 heteroatoms. The number of para-hydroxylation sites is 1. The van der Waals surface area contributed by atoms with Crippen LogP contribution in [0.2, 0.25) is 0 Å². The molecule has 0 amide bonds. The molecule has 0 unspecified atom stereocenters. The number of rotatable bonds is 2. The van der Waals surface area contributed by atoms with Gasteiger partial charge in [-0.15, -0.1) is 0 Å². The predicted octanol–water partition coefficient (Wildman–Crippen LogP) is 6.20. The van der Waals surface area contributed by atoms with Crippen LogP contribution in [0.3, 0.4) is 0 Å². The molecule has 0 fully saturated rings. The first-order valence-corrected chi connectivity index (χ1v) is 10.9. The minimum Gasteiger partial charge on any atom is -0.455 e. The first kappa shape index (κ1) is 18.8. The van der Waals surface area contributed by atoms with Crippen LogP contribution < -0.4 is 0 Å². The second-order valence-corrected chi connectivity index (χ2v) is 8.44. The standard InChI is InChI=1S/C28H16N2O4/c1-30-21(23-12-17-8-4-5-9-22(17)33-23)14-24-28(30)29-25(34-24)13-20-26(31)18-10-15-6-2-3-7-16(15)11-19(18)27(20)32/h2-14H,1H3. The Kier molecular flexibility index (Phi) is 3.68. The van der Waals surface area contributed by atoms with E-state index in [1.165, 1.54) is 6.08 Å². The van der Waals surface area contributed by atoms with Crippen LogP contribution in [-0.4, -0.2) is 21.1 Å². The highest BCUT2D eigenvalue weighted by molar-refractivity contribution is 6.42. The SMILES string of the molecule is Cn1c(-c2cc3ccccc3o2)cc2oc(C=C3C(=O)c4cc5ccccc5cc4C3=O)nc21. The fourth-order valence-corrected chi connectivity index (χ4v) is 4.68. The molecule has 7 rings (SSSR count). The van der Waals surface area contributed by atoms with Gasteiger partial charge in [-0.2, -0.15) is 4.98 Å². The zero-order valence-corrected chi connectivity index (χ0v) is 18.0. The molecule has 3 aromatic heterocycles. The predicted molar refractivity (Wildman–Crippen MR) is 129 cm³/mol. The lowest BCUT2D eigenvalue weighted by atomic mass is 10.0. The van der Waals surface area contributed by atoms with E-state index in [2.05, 4.69) is 4.98 Å². The smallest absolute Gasteiger partial charge is 0.222 e. The topological polar surface area (TPSA) is 78.2 Å². The van der Waals surface area contributed by atoms with Crippen LogP contribution in [0.5, 0.6) is 0 Å². The summed E-state index contributed by atoms with van der Waals surface area (Å²) >= 11 is 0. The number of carbonyl (C=O) groups is 2. The fourth-order valence-electron chi connectivity index (χ4n) is 4.68. The van der Waals surface area contributed by atoms with Gasteiger partial charge in [0.25, 0.3) is 0 Å². The van der Waals surface area contributed by atoms with E-state index in [1.807, 2.05) is 72.3 Å². The third-order valence-electron chi connectivity index (χ3n) is 6.41. The Bertz CT molecular complexity index is 1770. The summed E-state index contributed by atoms with van der Waals surface area (Å²) in [6.45, 7) is 0. The Hall–Kier alpha value is -4.71. The average molecular weight is 444 g/mol. The number of fused-ring (bicyclic) bond motifs is 4. The van der Waals surface area contributed by atoms with E-state index in [9.17, 15) is 9.59 Å². The van der Waals surface area contributed by atoms with Crippen molar-refractivity contribution in [2.24, 2.45) is 7.05 Å². The number of aromatic nitrogens is 2. The largest absolute Gasteiger partial charge is 0.455 e. The fraction of sp³-hybridized carbons (Fsp3) is 0.0357. The Morgan fingerprint density at radius 3 is 2.06 bits per heavy atom. The summed E-state index contributed by atoms with van der Waals surface area (Å²) in [4.78, 5) is 30.6. The molecule has 0 spiro atoms. The molecule has 1 aliphatic rings. The van der Waals surface area contributed by atoms with Crippen LogP contribution in [0.4, 0.5) is 0 Å². The van der Waals surface area contributed by atoms with Crippen LogP contribution in [0, 0.1) is 0 Å². The van der Waals surface area contributed by atoms with Crippen molar-refractivity contribution in [3.63, 3.8) is 0 Å². The van der Waals surface area contributed by atoms with Crippen LogP contribution >= 0.6 is 0 Å². The number of nitrogens with zero attached hydrogens (tertiary/aromatic N) is 2. The molecule has 162 valence electrons. The molecule has 0 bridgehead atoms. The number of Topliss-reactive ketones (excluding diaryl/α,β-unsaturated/α-hetero) is 2. The van der Waals surface area contributed by atoms with Gasteiger partial charge in [-0.25, -0.2) is 0 Å². The first-order valence-electron chi connectivity index (χ1n) is 10.9. The van der Waals surface area contributed by atoms with E-state index in [4.69, 9.17) is 8.83 Å². The zero-order valence-electron chi connectivity index (χ0n) is 18.0. The van der Waals surface area contributed by atoms with Crippen molar-refractivity contribution >= 4 is 50.6 Å². The van der Waals surface area contributed by atoms with E-state index in [-0.39, 0.29) is 23.0 Å². The van der Waals surface area contributed by atoms with Gasteiger partial charge in [0.05, 0.1) is 11.3 Å². The lowest BCUT2D eigenvalue weighted by molar-refractivity contribution is 0.0990. The molecule has 3 heterocycles. The molecule has 3 aromatic carbocycles. The van der Waals surface area contributed by atoms with Gasteiger partial charge in [-0.1, -0.05) is 42.5 Å². The van der Waals surface area contributed by atoms with E-state index in [1.54, 1.807) is 12.1 Å². The summed E-state index contributed by atoms with van der Waals surface area (Å²) in [5.74, 6) is 0.304. The number of hydrogen-bond donors (Lipinski definition) is 0. The quantitative estimate of drug-likeness (QED) is 0.235. The number of aryl methyl sites for hydroxylation is 1. The molecule has 6 aromatic rings. The Morgan fingerprint density at radius 2 is 1.41 bits per heavy atom. The van der Waals surface area contributed by atoms with Gasteiger partial charge < -0.3 is 13.4 Å². The number of hydrogen-bond acceptors (Lipinski definition) is 5. The molecule has 0 saturated carbocycles. The monoisotopic (exact) mass is 444 g/mol. The first-order chi connectivity index (χ1) is 16.6. The molecular formula is C28H16N2O4. The molecule has 0 saturated heterocycles. The summed E-state index contributed by atoms with van der Waals surface area (Å²) < 4.78 is 13.8. The lowest BCUT2D eigenvalue weighted by Crippen LogP contribution is -2.00. The summed E-state index contributed by atoms with van der Waals surface area (Å²) in [5, 5.41) is 2.85. The average Bonchev–Trinajstić information content (AvgIpc) is 3.58. The van der Waals surface area contributed by atoms with Gasteiger partial charge in [0, 0.05) is 35.7 Å². The highest BCUT2D eigenvalue weighted by Crippen LogP contribution is 2.34. The molecule has 34 heavy (non-hydrogen) atoms. The van der Waals surface area contributed by atoms with Crippen LogP contribution in [0.25, 0.3) is 50.5 Å². The van der Waals surface area contributed by atoms with E-state index >= 15 is 0 Å². The number of furan rings is 1. The van der Waals surface area contributed by atoms with Gasteiger partial charge in [0.2, 0.25) is 5.89 Å².